The van der Waals surface area contributed by atoms with Gasteiger partial charge in [-0.15, -0.1) is 10.2 Å². The smallest absolute Gasteiger partial charge is 0.149 e. The summed E-state index contributed by atoms with van der Waals surface area (Å²) in [6.07, 6.45) is 0. The van der Waals surface area contributed by atoms with Crippen molar-refractivity contribution in [2.24, 2.45) is 0 Å². The van der Waals surface area contributed by atoms with Crippen LogP contribution in [0.1, 0.15) is 0 Å². The van der Waals surface area contributed by atoms with Crippen molar-refractivity contribution in [3.8, 4) is 0 Å². The van der Waals surface area contributed by atoms with Crippen molar-refractivity contribution in [1.82, 2.24) is 10.2 Å². The number of benzene rings is 1. The summed E-state index contributed by atoms with van der Waals surface area (Å²) in [6, 6.07) is 8.04. The van der Waals surface area contributed by atoms with Gasteiger partial charge in [0.2, 0.25) is 0 Å². The predicted molar refractivity (Wildman–Crippen MR) is 67.5 cm³/mol. The van der Waals surface area contributed by atoms with Crippen LogP contribution in [0.3, 0.4) is 0 Å². The molecule has 2 aromatic rings. The molecule has 0 amide bonds. The molecule has 15 heavy (non-hydrogen) atoms. The van der Waals surface area contributed by atoms with Crippen LogP contribution in [0.15, 0.2) is 24.3 Å². The Morgan fingerprint density at radius 3 is 2.40 bits per heavy atom. The van der Waals surface area contributed by atoms with Crippen LogP contribution in [0.25, 0.3) is 10.9 Å². The normalized spacial score (nSPS) is 12.0. The molecular weight excluding hydrogens is 224 g/mol. The largest absolute Gasteiger partial charge is 0.151 e. The first-order chi connectivity index (χ1) is 7.00. The van der Waals surface area contributed by atoms with Gasteiger partial charge in [-0.05, 0) is 11.3 Å². The Kier molecular flexibility index (Phi) is 2.52. The average molecular weight is 237 g/mol. The SMILES string of the molecule is C[Si](C)(C)c1c(Cl)nnc2ccccc12. The van der Waals surface area contributed by atoms with Crippen LogP contribution in [-0.2, 0) is 0 Å². The van der Waals surface area contributed by atoms with Crippen LogP contribution < -0.4 is 5.19 Å². The molecule has 0 radical (unpaired) electrons. The number of nitrogens with zero attached hydrogens (tertiary/aromatic N) is 2. The average Bonchev–Trinajstić information content (AvgIpc) is 2.15. The van der Waals surface area contributed by atoms with E-state index >= 15 is 0 Å². The first-order valence-corrected chi connectivity index (χ1v) is 8.79. The van der Waals surface area contributed by atoms with Crippen molar-refractivity contribution >= 4 is 35.8 Å². The maximum absolute atomic E-state index is 6.15. The quantitative estimate of drug-likeness (QED) is 0.712. The zero-order valence-electron chi connectivity index (χ0n) is 9.08. The van der Waals surface area contributed by atoms with E-state index in [1.807, 2.05) is 18.2 Å². The summed E-state index contributed by atoms with van der Waals surface area (Å²) in [5, 5.41) is 11.0. The number of hydrogen-bond acceptors (Lipinski definition) is 2. The van der Waals surface area contributed by atoms with Crippen molar-refractivity contribution in [1.29, 1.82) is 0 Å². The molecule has 0 aliphatic rings. The van der Waals surface area contributed by atoms with Gasteiger partial charge < -0.3 is 0 Å². The first kappa shape index (κ1) is 10.6. The van der Waals surface area contributed by atoms with E-state index in [9.17, 15) is 0 Å². The molecule has 1 aromatic carbocycles. The molecule has 0 bridgehead atoms. The summed E-state index contributed by atoms with van der Waals surface area (Å²) in [6.45, 7) is 6.80. The zero-order chi connectivity index (χ0) is 11.1. The monoisotopic (exact) mass is 236 g/mol. The van der Waals surface area contributed by atoms with E-state index in [0.717, 1.165) is 10.9 Å². The number of hydrogen-bond donors (Lipinski definition) is 0. The van der Waals surface area contributed by atoms with Crippen LogP contribution in [0.2, 0.25) is 24.8 Å². The Bertz CT molecular complexity index is 505. The van der Waals surface area contributed by atoms with E-state index in [1.54, 1.807) is 0 Å². The fourth-order valence-electron chi connectivity index (χ4n) is 1.74. The van der Waals surface area contributed by atoms with Crippen LogP contribution in [-0.4, -0.2) is 18.3 Å². The predicted octanol–water partition coefficient (Wildman–Crippen LogP) is 2.83. The maximum Gasteiger partial charge on any atom is 0.151 e. The van der Waals surface area contributed by atoms with Gasteiger partial charge in [0.1, 0.15) is 0 Å². The van der Waals surface area contributed by atoms with E-state index in [1.165, 1.54) is 5.19 Å². The van der Waals surface area contributed by atoms with E-state index < -0.39 is 8.07 Å². The highest BCUT2D eigenvalue weighted by Gasteiger charge is 2.23. The summed E-state index contributed by atoms with van der Waals surface area (Å²) < 4.78 is 0. The highest BCUT2D eigenvalue weighted by molar-refractivity contribution is 6.91. The molecule has 0 spiro atoms. The summed E-state index contributed by atoms with van der Waals surface area (Å²) in [5.41, 5.74) is 0.930. The van der Waals surface area contributed by atoms with Crippen molar-refractivity contribution in [3.63, 3.8) is 0 Å². The second-order valence-corrected chi connectivity index (χ2v) is 9.99. The summed E-state index contributed by atoms with van der Waals surface area (Å²) in [7, 11) is -1.48. The van der Waals surface area contributed by atoms with Gasteiger partial charge in [0, 0.05) is 5.39 Å². The van der Waals surface area contributed by atoms with E-state index in [2.05, 4.69) is 35.9 Å². The number of aromatic nitrogens is 2. The lowest BCUT2D eigenvalue weighted by Gasteiger charge is -2.19. The molecule has 0 aliphatic carbocycles. The lowest BCUT2D eigenvalue weighted by Crippen LogP contribution is -2.39. The van der Waals surface area contributed by atoms with Crippen LogP contribution in [0.4, 0.5) is 0 Å². The third kappa shape index (κ3) is 1.89. The number of fused-ring (bicyclic) bond motifs is 1. The van der Waals surface area contributed by atoms with Crippen molar-refractivity contribution in [2.45, 2.75) is 19.6 Å². The number of halogens is 1. The van der Waals surface area contributed by atoms with Crippen LogP contribution in [0, 0.1) is 0 Å². The molecule has 0 fully saturated rings. The summed E-state index contributed by atoms with van der Waals surface area (Å²) in [4.78, 5) is 0. The van der Waals surface area contributed by atoms with E-state index in [-0.39, 0.29) is 0 Å². The van der Waals surface area contributed by atoms with Crippen LogP contribution >= 0.6 is 11.6 Å². The van der Waals surface area contributed by atoms with Gasteiger partial charge >= 0.3 is 0 Å². The van der Waals surface area contributed by atoms with Crippen molar-refractivity contribution < 1.29 is 0 Å². The second-order valence-electron chi connectivity index (χ2n) is 4.63. The third-order valence-electron chi connectivity index (χ3n) is 2.38. The minimum Gasteiger partial charge on any atom is -0.149 e. The Balaban J connectivity index is 2.86. The van der Waals surface area contributed by atoms with Crippen LogP contribution in [0.5, 0.6) is 0 Å². The molecular formula is C11H13ClN2Si. The van der Waals surface area contributed by atoms with Gasteiger partial charge in [-0.3, -0.25) is 0 Å². The Morgan fingerprint density at radius 1 is 1.07 bits per heavy atom. The van der Waals surface area contributed by atoms with Gasteiger partial charge in [-0.1, -0.05) is 49.4 Å². The maximum atomic E-state index is 6.15. The highest BCUT2D eigenvalue weighted by Crippen LogP contribution is 2.17. The van der Waals surface area contributed by atoms with E-state index in [0.29, 0.717) is 5.15 Å². The number of rotatable bonds is 1. The molecule has 4 heteroatoms. The Morgan fingerprint density at radius 2 is 1.73 bits per heavy atom. The minimum atomic E-state index is -1.48. The Labute approximate surface area is 95.3 Å². The van der Waals surface area contributed by atoms with Gasteiger partial charge in [0.25, 0.3) is 0 Å². The first-order valence-electron chi connectivity index (χ1n) is 4.91. The van der Waals surface area contributed by atoms with Gasteiger partial charge in [-0.25, -0.2) is 0 Å². The summed E-state index contributed by atoms with van der Waals surface area (Å²) in [5.74, 6) is 0. The third-order valence-corrected chi connectivity index (χ3v) is 4.80. The van der Waals surface area contributed by atoms with Gasteiger partial charge in [0.15, 0.2) is 5.15 Å². The lowest BCUT2D eigenvalue weighted by molar-refractivity contribution is 1.08. The highest BCUT2D eigenvalue weighted by atomic mass is 35.5. The fourth-order valence-corrected chi connectivity index (χ4v) is 4.42. The molecule has 1 aromatic heterocycles. The molecule has 0 unspecified atom stereocenters. The molecule has 0 aliphatic heterocycles. The molecule has 0 saturated carbocycles. The topological polar surface area (TPSA) is 25.8 Å². The Hall–Kier alpha value is -0.933. The van der Waals surface area contributed by atoms with Crippen molar-refractivity contribution in [2.75, 3.05) is 0 Å². The fraction of sp³-hybridized carbons (Fsp3) is 0.273. The molecule has 0 N–H and O–H groups in total. The molecule has 0 saturated heterocycles. The zero-order valence-corrected chi connectivity index (χ0v) is 10.8. The molecule has 2 nitrogen and oxygen atoms in total. The minimum absolute atomic E-state index is 0.563. The second kappa shape index (κ2) is 3.58. The van der Waals surface area contributed by atoms with Gasteiger partial charge in [0.05, 0.1) is 13.6 Å². The van der Waals surface area contributed by atoms with E-state index in [4.69, 9.17) is 11.6 Å². The molecule has 2 rings (SSSR count). The molecule has 1 heterocycles. The van der Waals surface area contributed by atoms with Gasteiger partial charge in [-0.2, -0.15) is 0 Å². The molecule has 0 atom stereocenters. The summed E-state index contributed by atoms with van der Waals surface area (Å²) >= 11 is 6.15. The van der Waals surface area contributed by atoms with Crippen molar-refractivity contribution in [3.05, 3.63) is 29.4 Å². The standard InChI is InChI=1S/C11H13ClN2Si/c1-15(2,3)10-8-6-4-5-7-9(8)13-14-11(10)12/h4-7H,1-3H3. The molecule has 78 valence electrons. The lowest BCUT2D eigenvalue weighted by atomic mass is 10.2.